The number of hydrogen-bond donors (Lipinski definition) is 2. The van der Waals surface area contributed by atoms with Crippen LogP contribution in [0.1, 0.15) is 6.92 Å². The smallest absolute Gasteiger partial charge is 0.238 e. The van der Waals surface area contributed by atoms with Gasteiger partial charge < -0.3 is 20.5 Å². The summed E-state index contributed by atoms with van der Waals surface area (Å²) in [6, 6.07) is 11.2. The molecule has 19 heavy (non-hydrogen) atoms. The number of aromatic nitrogens is 1. The number of nitrogens with two attached hydrogens (primary N) is 1. The molecule has 0 unspecified atom stereocenters. The standard InChI is InChI=1S/C14H17N3O2/c1-3-19-11-6-4-5-10(9-11)16-13-8-7-12(15)14(17-13)18-2/h4-9H,3,15H2,1-2H3,(H,16,17). The first-order chi connectivity index (χ1) is 9.22. The van der Waals surface area contributed by atoms with Gasteiger partial charge in [-0.3, -0.25) is 0 Å². The molecule has 0 saturated heterocycles. The quantitative estimate of drug-likeness (QED) is 0.864. The Balaban J connectivity index is 2.18. The molecule has 0 atom stereocenters. The van der Waals surface area contributed by atoms with Crippen molar-refractivity contribution in [3.8, 4) is 11.6 Å². The van der Waals surface area contributed by atoms with Crippen LogP contribution in [0, 0.1) is 0 Å². The van der Waals surface area contributed by atoms with Gasteiger partial charge in [-0.2, -0.15) is 4.98 Å². The predicted molar refractivity (Wildman–Crippen MR) is 76.1 cm³/mol. The molecule has 1 heterocycles. The Bertz CT molecular complexity index is 558. The molecule has 100 valence electrons. The van der Waals surface area contributed by atoms with Gasteiger partial charge in [0.05, 0.1) is 19.4 Å². The second-order valence-corrected chi connectivity index (χ2v) is 3.88. The van der Waals surface area contributed by atoms with Crippen molar-refractivity contribution in [2.45, 2.75) is 6.92 Å². The molecular formula is C14H17N3O2. The molecule has 3 N–H and O–H groups in total. The van der Waals surface area contributed by atoms with E-state index in [1.807, 2.05) is 31.2 Å². The molecule has 0 radical (unpaired) electrons. The van der Waals surface area contributed by atoms with Crippen LogP contribution in [-0.2, 0) is 0 Å². The number of nitrogen functional groups attached to an aromatic ring is 1. The van der Waals surface area contributed by atoms with Crippen LogP contribution in [0.2, 0.25) is 0 Å². The summed E-state index contributed by atoms with van der Waals surface area (Å²) in [6.07, 6.45) is 0. The molecule has 0 aliphatic carbocycles. The van der Waals surface area contributed by atoms with E-state index in [1.165, 1.54) is 7.11 Å². The fourth-order valence-electron chi connectivity index (χ4n) is 1.66. The maximum atomic E-state index is 5.72. The lowest BCUT2D eigenvalue weighted by Gasteiger charge is -2.10. The zero-order chi connectivity index (χ0) is 13.7. The fraction of sp³-hybridized carbons (Fsp3) is 0.214. The number of hydrogen-bond acceptors (Lipinski definition) is 5. The Morgan fingerprint density at radius 2 is 2.11 bits per heavy atom. The van der Waals surface area contributed by atoms with Crippen LogP contribution in [0.3, 0.4) is 0 Å². The largest absolute Gasteiger partial charge is 0.494 e. The lowest BCUT2D eigenvalue weighted by Crippen LogP contribution is -1.99. The summed E-state index contributed by atoms with van der Waals surface area (Å²) >= 11 is 0. The molecular weight excluding hydrogens is 242 g/mol. The first-order valence-electron chi connectivity index (χ1n) is 6.03. The van der Waals surface area contributed by atoms with Crippen molar-refractivity contribution < 1.29 is 9.47 Å². The Morgan fingerprint density at radius 3 is 2.84 bits per heavy atom. The number of methoxy groups -OCH3 is 1. The highest BCUT2D eigenvalue weighted by molar-refractivity contribution is 5.61. The van der Waals surface area contributed by atoms with Gasteiger partial charge >= 0.3 is 0 Å². The summed E-state index contributed by atoms with van der Waals surface area (Å²) in [5.41, 5.74) is 7.13. The van der Waals surface area contributed by atoms with Gasteiger partial charge in [0, 0.05) is 11.8 Å². The Morgan fingerprint density at radius 1 is 1.26 bits per heavy atom. The van der Waals surface area contributed by atoms with Gasteiger partial charge in [-0.25, -0.2) is 0 Å². The van der Waals surface area contributed by atoms with Gasteiger partial charge in [-0.1, -0.05) is 6.07 Å². The van der Waals surface area contributed by atoms with Crippen molar-refractivity contribution in [2.24, 2.45) is 0 Å². The number of rotatable bonds is 5. The number of anilines is 3. The van der Waals surface area contributed by atoms with E-state index in [0.717, 1.165) is 11.4 Å². The van der Waals surface area contributed by atoms with Gasteiger partial charge in [0.25, 0.3) is 0 Å². The topological polar surface area (TPSA) is 69.4 Å². The average molecular weight is 259 g/mol. The zero-order valence-electron chi connectivity index (χ0n) is 11.0. The van der Waals surface area contributed by atoms with Crippen molar-refractivity contribution in [1.29, 1.82) is 0 Å². The van der Waals surface area contributed by atoms with E-state index in [4.69, 9.17) is 15.2 Å². The Labute approximate surface area is 112 Å². The SMILES string of the molecule is CCOc1cccc(Nc2ccc(N)c(OC)n2)c1. The van der Waals surface area contributed by atoms with Gasteiger partial charge in [-0.15, -0.1) is 0 Å². The summed E-state index contributed by atoms with van der Waals surface area (Å²) in [6.45, 7) is 2.59. The van der Waals surface area contributed by atoms with Crippen molar-refractivity contribution in [3.05, 3.63) is 36.4 Å². The van der Waals surface area contributed by atoms with Crippen LogP contribution in [0.4, 0.5) is 17.2 Å². The number of ether oxygens (including phenoxy) is 2. The lowest BCUT2D eigenvalue weighted by molar-refractivity contribution is 0.340. The first kappa shape index (κ1) is 13.0. The summed E-state index contributed by atoms with van der Waals surface area (Å²) in [7, 11) is 1.54. The van der Waals surface area contributed by atoms with E-state index in [9.17, 15) is 0 Å². The number of benzene rings is 1. The minimum absolute atomic E-state index is 0.408. The average Bonchev–Trinajstić information content (AvgIpc) is 2.42. The summed E-state index contributed by atoms with van der Waals surface area (Å²) < 4.78 is 10.5. The van der Waals surface area contributed by atoms with Crippen molar-refractivity contribution in [2.75, 3.05) is 24.8 Å². The number of nitrogens with one attached hydrogen (secondary N) is 1. The lowest BCUT2D eigenvalue weighted by atomic mass is 10.3. The highest BCUT2D eigenvalue weighted by atomic mass is 16.5. The van der Waals surface area contributed by atoms with Crippen LogP contribution in [0.15, 0.2) is 36.4 Å². The van der Waals surface area contributed by atoms with Gasteiger partial charge in [-0.05, 0) is 31.2 Å². The summed E-state index contributed by atoms with van der Waals surface area (Å²) in [4.78, 5) is 4.26. The monoisotopic (exact) mass is 259 g/mol. The Hall–Kier alpha value is -2.43. The van der Waals surface area contributed by atoms with Crippen LogP contribution in [0.25, 0.3) is 0 Å². The van der Waals surface area contributed by atoms with Crippen molar-refractivity contribution >= 4 is 17.2 Å². The molecule has 0 fully saturated rings. The van der Waals surface area contributed by atoms with Crippen molar-refractivity contribution in [3.63, 3.8) is 0 Å². The van der Waals surface area contributed by atoms with E-state index in [0.29, 0.717) is 24.0 Å². The Kier molecular flexibility index (Phi) is 4.07. The highest BCUT2D eigenvalue weighted by Gasteiger charge is 2.03. The molecule has 0 saturated carbocycles. The van der Waals surface area contributed by atoms with E-state index >= 15 is 0 Å². The second-order valence-electron chi connectivity index (χ2n) is 3.88. The van der Waals surface area contributed by atoms with Gasteiger partial charge in [0.15, 0.2) is 0 Å². The number of pyridine rings is 1. The normalized spacial score (nSPS) is 10.0. The molecule has 5 heteroatoms. The van der Waals surface area contributed by atoms with E-state index in [1.54, 1.807) is 12.1 Å². The molecule has 2 aromatic rings. The molecule has 0 aliphatic heterocycles. The van der Waals surface area contributed by atoms with Crippen LogP contribution >= 0.6 is 0 Å². The molecule has 1 aromatic carbocycles. The van der Waals surface area contributed by atoms with E-state index < -0.39 is 0 Å². The summed E-state index contributed by atoms with van der Waals surface area (Å²) in [5.74, 6) is 1.89. The van der Waals surface area contributed by atoms with Crippen molar-refractivity contribution in [1.82, 2.24) is 4.98 Å². The van der Waals surface area contributed by atoms with Crippen LogP contribution in [0.5, 0.6) is 11.6 Å². The summed E-state index contributed by atoms with van der Waals surface area (Å²) in [5, 5.41) is 3.18. The fourth-order valence-corrected chi connectivity index (χ4v) is 1.66. The molecule has 0 amide bonds. The van der Waals surface area contributed by atoms with Gasteiger partial charge in [0.2, 0.25) is 5.88 Å². The number of nitrogens with zero attached hydrogens (tertiary/aromatic N) is 1. The molecule has 0 aliphatic rings. The zero-order valence-corrected chi connectivity index (χ0v) is 11.0. The molecule has 2 rings (SSSR count). The molecule has 5 nitrogen and oxygen atoms in total. The second kappa shape index (κ2) is 5.95. The third-order valence-electron chi connectivity index (χ3n) is 2.50. The highest BCUT2D eigenvalue weighted by Crippen LogP contribution is 2.24. The van der Waals surface area contributed by atoms with Gasteiger partial charge in [0.1, 0.15) is 11.6 Å². The maximum Gasteiger partial charge on any atom is 0.238 e. The first-order valence-corrected chi connectivity index (χ1v) is 6.03. The van der Waals surface area contributed by atoms with Crippen LogP contribution < -0.4 is 20.5 Å². The predicted octanol–water partition coefficient (Wildman–Crippen LogP) is 2.81. The maximum absolute atomic E-state index is 5.72. The minimum Gasteiger partial charge on any atom is -0.494 e. The van der Waals surface area contributed by atoms with E-state index in [2.05, 4.69) is 10.3 Å². The third kappa shape index (κ3) is 3.28. The van der Waals surface area contributed by atoms with Crippen LogP contribution in [-0.4, -0.2) is 18.7 Å². The molecule has 1 aromatic heterocycles. The molecule has 0 bridgehead atoms. The van der Waals surface area contributed by atoms with E-state index in [-0.39, 0.29) is 0 Å². The third-order valence-corrected chi connectivity index (χ3v) is 2.50. The minimum atomic E-state index is 0.408. The molecule has 0 spiro atoms.